The normalized spacial score (nSPS) is 12.3. The van der Waals surface area contributed by atoms with Crippen molar-refractivity contribution in [2.45, 2.75) is 53.4 Å². The van der Waals surface area contributed by atoms with Crippen molar-refractivity contribution in [2.75, 3.05) is 26.2 Å². The van der Waals surface area contributed by atoms with Crippen LogP contribution in [0.5, 0.6) is 0 Å². The maximum absolute atomic E-state index is 4.68. The predicted octanol–water partition coefficient (Wildman–Crippen LogP) is 4.00. The second-order valence-electron chi connectivity index (χ2n) is 5.89. The first-order valence-electron chi connectivity index (χ1n) is 9.44. The molecule has 0 fully saturated rings. The minimum Gasteiger partial charge on any atom is -0.370 e. The summed E-state index contributed by atoms with van der Waals surface area (Å²) < 4.78 is 0. The van der Waals surface area contributed by atoms with Gasteiger partial charge in [0.05, 0.1) is 0 Å². The van der Waals surface area contributed by atoms with E-state index < -0.39 is 0 Å². The summed E-state index contributed by atoms with van der Waals surface area (Å²) >= 11 is 0. The highest BCUT2D eigenvalue weighted by molar-refractivity contribution is 6.02. The van der Waals surface area contributed by atoms with Crippen LogP contribution >= 0.6 is 0 Å². The Kier molecular flexibility index (Phi) is 10.6. The summed E-state index contributed by atoms with van der Waals surface area (Å²) in [5, 5.41) is 6.88. The van der Waals surface area contributed by atoms with E-state index in [0.717, 1.165) is 74.7 Å². The molecule has 4 nitrogen and oxygen atoms in total. The van der Waals surface area contributed by atoms with Crippen molar-refractivity contribution in [3.05, 3.63) is 35.4 Å². The topological polar surface area (TPSA) is 48.8 Å². The minimum atomic E-state index is 0.856. The Bertz CT molecular complexity index is 456. The fraction of sp³-hybridized carbons (Fsp3) is 0.600. The van der Waals surface area contributed by atoms with Gasteiger partial charge in [-0.2, -0.15) is 0 Å². The van der Waals surface area contributed by atoms with Crippen LogP contribution in [0.4, 0.5) is 0 Å². The number of nitrogens with one attached hydrogen (secondary N) is 2. The Morgan fingerprint density at radius 1 is 0.667 bits per heavy atom. The molecule has 4 heteroatoms. The van der Waals surface area contributed by atoms with Crippen LogP contribution in [0.1, 0.15) is 64.5 Å². The van der Waals surface area contributed by atoms with Gasteiger partial charge < -0.3 is 10.6 Å². The zero-order valence-electron chi connectivity index (χ0n) is 15.9. The van der Waals surface area contributed by atoms with Gasteiger partial charge in [0.15, 0.2) is 0 Å². The van der Waals surface area contributed by atoms with E-state index in [9.17, 15) is 0 Å². The fourth-order valence-corrected chi connectivity index (χ4v) is 2.22. The van der Waals surface area contributed by atoms with Gasteiger partial charge >= 0.3 is 0 Å². The van der Waals surface area contributed by atoms with Crippen LogP contribution in [-0.4, -0.2) is 37.9 Å². The number of hydrogen-bond acceptors (Lipinski definition) is 2. The summed E-state index contributed by atoms with van der Waals surface area (Å²) in [6.45, 7) is 12.3. The van der Waals surface area contributed by atoms with Crippen LogP contribution in [0.2, 0.25) is 0 Å². The highest BCUT2D eigenvalue weighted by Gasteiger charge is 2.06. The predicted molar refractivity (Wildman–Crippen MR) is 106 cm³/mol. The lowest BCUT2D eigenvalue weighted by Gasteiger charge is -2.12. The molecule has 0 amide bonds. The highest BCUT2D eigenvalue weighted by atomic mass is 15.0. The molecule has 1 rings (SSSR count). The van der Waals surface area contributed by atoms with E-state index in [0.29, 0.717) is 0 Å². The lowest BCUT2D eigenvalue weighted by Crippen LogP contribution is -2.27. The molecular formula is C20H34N4. The lowest BCUT2D eigenvalue weighted by molar-refractivity contribution is 0.825. The molecule has 0 aliphatic rings. The SMILES string of the molecule is CCCN=C(NCCC)c1ccc(C(=NCCC)NCCC)cc1. The number of hydrogen-bond donors (Lipinski definition) is 2. The summed E-state index contributed by atoms with van der Waals surface area (Å²) in [7, 11) is 0. The largest absolute Gasteiger partial charge is 0.370 e. The smallest absolute Gasteiger partial charge is 0.128 e. The Hall–Kier alpha value is -1.84. The van der Waals surface area contributed by atoms with Gasteiger partial charge in [-0.3, -0.25) is 9.98 Å². The van der Waals surface area contributed by atoms with E-state index in [1.54, 1.807) is 0 Å². The monoisotopic (exact) mass is 330 g/mol. The molecule has 0 aliphatic heterocycles. The molecule has 0 aromatic heterocycles. The first-order valence-corrected chi connectivity index (χ1v) is 9.44. The molecule has 0 saturated carbocycles. The van der Waals surface area contributed by atoms with Crippen LogP contribution in [0.3, 0.4) is 0 Å². The zero-order chi connectivity index (χ0) is 17.6. The number of nitrogens with zero attached hydrogens (tertiary/aromatic N) is 2. The number of rotatable bonds is 10. The Morgan fingerprint density at radius 2 is 1.04 bits per heavy atom. The quantitative estimate of drug-likeness (QED) is 0.503. The van der Waals surface area contributed by atoms with E-state index in [-0.39, 0.29) is 0 Å². The van der Waals surface area contributed by atoms with Crippen LogP contribution < -0.4 is 10.6 Å². The van der Waals surface area contributed by atoms with Crippen molar-refractivity contribution in [3.63, 3.8) is 0 Å². The summed E-state index contributed by atoms with van der Waals surface area (Å²) in [6.07, 6.45) is 4.31. The molecule has 0 spiro atoms. The van der Waals surface area contributed by atoms with Gasteiger partial charge in [0.25, 0.3) is 0 Å². The average Bonchev–Trinajstić information content (AvgIpc) is 2.62. The number of amidine groups is 2. The summed E-state index contributed by atoms with van der Waals surface area (Å²) in [5.41, 5.74) is 2.29. The van der Waals surface area contributed by atoms with E-state index in [1.165, 1.54) is 0 Å². The van der Waals surface area contributed by atoms with Gasteiger partial charge in [0, 0.05) is 37.3 Å². The zero-order valence-corrected chi connectivity index (χ0v) is 15.9. The van der Waals surface area contributed by atoms with Gasteiger partial charge in [-0.25, -0.2) is 0 Å². The molecule has 1 aromatic carbocycles. The Balaban J connectivity index is 2.93. The molecular weight excluding hydrogens is 296 g/mol. The van der Waals surface area contributed by atoms with Crippen LogP contribution in [0.25, 0.3) is 0 Å². The molecule has 1 aromatic rings. The van der Waals surface area contributed by atoms with E-state index >= 15 is 0 Å². The van der Waals surface area contributed by atoms with Crippen molar-refractivity contribution in [3.8, 4) is 0 Å². The van der Waals surface area contributed by atoms with Crippen molar-refractivity contribution in [1.29, 1.82) is 0 Å². The molecule has 0 heterocycles. The molecule has 0 radical (unpaired) electrons. The molecule has 0 atom stereocenters. The van der Waals surface area contributed by atoms with E-state index in [4.69, 9.17) is 0 Å². The molecule has 0 bridgehead atoms. The molecule has 0 saturated heterocycles. The third kappa shape index (κ3) is 7.16. The van der Waals surface area contributed by atoms with E-state index in [2.05, 4.69) is 72.6 Å². The molecule has 2 N–H and O–H groups in total. The first-order chi connectivity index (χ1) is 11.8. The molecule has 24 heavy (non-hydrogen) atoms. The summed E-state index contributed by atoms with van der Waals surface area (Å²) in [4.78, 5) is 9.37. The molecule has 134 valence electrons. The van der Waals surface area contributed by atoms with Gasteiger partial charge in [-0.05, 0) is 25.7 Å². The van der Waals surface area contributed by atoms with Gasteiger partial charge in [-0.15, -0.1) is 0 Å². The second kappa shape index (κ2) is 12.6. The minimum absolute atomic E-state index is 0.856. The molecule has 0 unspecified atom stereocenters. The highest BCUT2D eigenvalue weighted by Crippen LogP contribution is 2.07. The summed E-state index contributed by atoms with van der Waals surface area (Å²) in [6, 6.07) is 8.56. The van der Waals surface area contributed by atoms with Crippen molar-refractivity contribution < 1.29 is 0 Å². The average molecular weight is 331 g/mol. The summed E-state index contributed by atoms with van der Waals surface area (Å²) in [5.74, 6) is 2.00. The third-order valence-electron chi connectivity index (χ3n) is 3.50. The van der Waals surface area contributed by atoms with Crippen molar-refractivity contribution in [1.82, 2.24) is 10.6 Å². The van der Waals surface area contributed by atoms with Crippen molar-refractivity contribution >= 4 is 11.7 Å². The van der Waals surface area contributed by atoms with E-state index in [1.807, 2.05) is 0 Å². The maximum Gasteiger partial charge on any atom is 0.128 e. The third-order valence-corrected chi connectivity index (χ3v) is 3.50. The van der Waals surface area contributed by atoms with Gasteiger partial charge in [0.2, 0.25) is 0 Å². The molecule has 0 aliphatic carbocycles. The lowest BCUT2D eigenvalue weighted by atomic mass is 10.1. The van der Waals surface area contributed by atoms with Gasteiger partial charge in [-0.1, -0.05) is 52.0 Å². The maximum atomic E-state index is 4.68. The fourth-order valence-electron chi connectivity index (χ4n) is 2.22. The number of benzene rings is 1. The first kappa shape index (κ1) is 20.2. The van der Waals surface area contributed by atoms with Crippen LogP contribution in [0.15, 0.2) is 34.3 Å². The standard InChI is InChI=1S/C20H34N4/c1-5-13-21-19(22-14-6-2)17-9-11-18(12-10-17)20(23-15-7-3)24-16-8-4/h9-12H,5-8,13-16H2,1-4H3,(H,21,22)(H,23,24). The Morgan fingerprint density at radius 3 is 1.33 bits per heavy atom. The van der Waals surface area contributed by atoms with Gasteiger partial charge in [0.1, 0.15) is 11.7 Å². The van der Waals surface area contributed by atoms with Crippen LogP contribution in [0, 0.1) is 0 Å². The van der Waals surface area contributed by atoms with Crippen molar-refractivity contribution in [2.24, 2.45) is 9.98 Å². The Labute approximate surface area is 147 Å². The van der Waals surface area contributed by atoms with Crippen LogP contribution in [-0.2, 0) is 0 Å². The second-order valence-corrected chi connectivity index (χ2v) is 5.89. The number of aliphatic imine (C=N–C) groups is 2.